The third kappa shape index (κ3) is 3.72. The molecule has 1 aromatic carbocycles. The Morgan fingerprint density at radius 1 is 1.33 bits per heavy atom. The lowest BCUT2D eigenvalue weighted by Gasteiger charge is -2.12. The Labute approximate surface area is 125 Å². The molecule has 21 heavy (non-hydrogen) atoms. The van der Waals surface area contributed by atoms with E-state index in [2.05, 4.69) is 29.5 Å². The molecule has 2 aromatic rings. The van der Waals surface area contributed by atoms with Crippen LogP contribution in [0.3, 0.4) is 0 Å². The van der Waals surface area contributed by atoms with Gasteiger partial charge in [0.1, 0.15) is 11.3 Å². The average molecular weight is 286 g/mol. The number of rotatable bonds is 6. The molecule has 2 rings (SSSR count). The van der Waals surface area contributed by atoms with Crippen LogP contribution in [0, 0.1) is 6.92 Å². The highest BCUT2D eigenvalue weighted by Crippen LogP contribution is 2.18. The quantitative estimate of drug-likeness (QED) is 0.884. The summed E-state index contributed by atoms with van der Waals surface area (Å²) < 4.78 is 5.09. The summed E-state index contributed by atoms with van der Waals surface area (Å²) in [6.07, 6.45) is 1.60. The number of carbonyl (C=O) groups excluding carboxylic acids is 1. The smallest absolute Gasteiger partial charge is 0.256 e. The van der Waals surface area contributed by atoms with E-state index in [0.717, 1.165) is 12.1 Å². The highest BCUT2D eigenvalue weighted by molar-refractivity contribution is 5.96. The first-order valence-corrected chi connectivity index (χ1v) is 7.41. The molecular formula is C17H22N2O2. The molecule has 1 amide bonds. The Hall–Kier alpha value is -2.10. The van der Waals surface area contributed by atoms with Gasteiger partial charge in [0.15, 0.2) is 0 Å². The monoisotopic (exact) mass is 286 g/mol. The third-order valence-electron chi connectivity index (χ3n) is 3.73. The fraction of sp³-hybridized carbons (Fsp3) is 0.412. The number of hydrogen-bond acceptors (Lipinski definition) is 3. The molecule has 0 fully saturated rings. The minimum absolute atomic E-state index is 0.0918. The van der Waals surface area contributed by atoms with Crippen molar-refractivity contribution in [2.24, 2.45) is 0 Å². The second-order valence-corrected chi connectivity index (χ2v) is 5.27. The van der Waals surface area contributed by atoms with Crippen LogP contribution >= 0.6 is 0 Å². The summed E-state index contributed by atoms with van der Waals surface area (Å²) in [4.78, 5) is 12.2. The van der Waals surface area contributed by atoms with Gasteiger partial charge < -0.3 is 9.84 Å². The average Bonchev–Trinajstić information content (AvgIpc) is 2.89. The van der Waals surface area contributed by atoms with Crippen molar-refractivity contribution in [1.29, 1.82) is 0 Å². The van der Waals surface area contributed by atoms with E-state index >= 15 is 0 Å². The van der Waals surface area contributed by atoms with Crippen molar-refractivity contribution in [2.75, 3.05) is 6.54 Å². The third-order valence-corrected chi connectivity index (χ3v) is 3.73. The molecule has 0 aliphatic rings. The first-order chi connectivity index (χ1) is 10.1. The summed E-state index contributed by atoms with van der Waals surface area (Å²) in [6.45, 7) is 6.55. The second-order valence-electron chi connectivity index (χ2n) is 5.27. The molecule has 1 N–H and O–H groups in total. The van der Waals surface area contributed by atoms with Crippen LogP contribution in [0.1, 0.15) is 53.6 Å². The standard InChI is InChI=1S/C17H22N2O2/c1-4-15-16(13(3)21-19-15)17(20)18-11-10-12(2)14-8-6-5-7-9-14/h5-9,12H,4,10-11H2,1-3H3,(H,18,20). The zero-order valence-corrected chi connectivity index (χ0v) is 12.8. The molecule has 0 aliphatic carbocycles. The van der Waals surface area contributed by atoms with Gasteiger partial charge in [-0.1, -0.05) is 49.3 Å². The van der Waals surface area contributed by atoms with Crippen molar-refractivity contribution < 1.29 is 9.32 Å². The Morgan fingerprint density at radius 2 is 2.05 bits per heavy atom. The summed E-state index contributed by atoms with van der Waals surface area (Å²) in [5.41, 5.74) is 2.60. The van der Waals surface area contributed by atoms with E-state index in [4.69, 9.17) is 4.52 Å². The van der Waals surface area contributed by atoms with Crippen molar-refractivity contribution in [1.82, 2.24) is 10.5 Å². The number of amides is 1. The fourth-order valence-electron chi connectivity index (χ4n) is 2.39. The minimum atomic E-state index is -0.0918. The van der Waals surface area contributed by atoms with Gasteiger partial charge >= 0.3 is 0 Å². The van der Waals surface area contributed by atoms with Crippen molar-refractivity contribution in [3.8, 4) is 0 Å². The van der Waals surface area contributed by atoms with Crippen molar-refractivity contribution in [3.63, 3.8) is 0 Å². The van der Waals surface area contributed by atoms with Gasteiger partial charge in [-0.05, 0) is 31.2 Å². The van der Waals surface area contributed by atoms with Crippen LogP contribution in [0.5, 0.6) is 0 Å². The van der Waals surface area contributed by atoms with Crippen LogP contribution < -0.4 is 5.32 Å². The number of carbonyl (C=O) groups is 1. The first kappa shape index (κ1) is 15.3. The van der Waals surface area contributed by atoms with Crippen LogP contribution in [0.2, 0.25) is 0 Å². The van der Waals surface area contributed by atoms with Gasteiger partial charge in [0.05, 0.1) is 5.69 Å². The molecule has 0 spiro atoms. The normalized spacial score (nSPS) is 12.1. The molecule has 112 valence electrons. The predicted molar refractivity (Wildman–Crippen MR) is 82.4 cm³/mol. The van der Waals surface area contributed by atoms with Gasteiger partial charge in [-0.2, -0.15) is 0 Å². The van der Waals surface area contributed by atoms with Crippen molar-refractivity contribution in [2.45, 2.75) is 39.5 Å². The lowest BCUT2D eigenvalue weighted by Crippen LogP contribution is -2.26. The van der Waals surface area contributed by atoms with E-state index in [1.165, 1.54) is 5.56 Å². The minimum Gasteiger partial charge on any atom is -0.361 e. The molecule has 1 unspecified atom stereocenters. The summed E-state index contributed by atoms with van der Waals surface area (Å²) in [7, 11) is 0. The Morgan fingerprint density at radius 3 is 2.71 bits per heavy atom. The highest BCUT2D eigenvalue weighted by Gasteiger charge is 2.18. The van der Waals surface area contributed by atoms with E-state index in [9.17, 15) is 4.79 Å². The van der Waals surface area contributed by atoms with Crippen LogP contribution in [-0.2, 0) is 6.42 Å². The molecule has 0 bridgehead atoms. The van der Waals surface area contributed by atoms with Crippen molar-refractivity contribution in [3.05, 3.63) is 52.9 Å². The summed E-state index contributed by atoms with van der Waals surface area (Å²) in [5, 5.41) is 6.87. The molecule has 0 radical (unpaired) electrons. The Kier molecular flexibility index (Phi) is 5.14. The van der Waals surface area contributed by atoms with E-state index in [-0.39, 0.29) is 5.91 Å². The number of aryl methyl sites for hydroxylation is 2. The summed E-state index contributed by atoms with van der Waals surface area (Å²) in [5.74, 6) is 0.909. The zero-order chi connectivity index (χ0) is 15.2. The lowest BCUT2D eigenvalue weighted by molar-refractivity contribution is 0.0950. The maximum Gasteiger partial charge on any atom is 0.256 e. The highest BCUT2D eigenvalue weighted by atomic mass is 16.5. The van der Waals surface area contributed by atoms with Crippen LogP contribution in [0.15, 0.2) is 34.9 Å². The van der Waals surface area contributed by atoms with Gasteiger partial charge in [0.2, 0.25) is 0 Å². The second kappa shape index (κ2) is 7.07. The molecule has 0 saturated heterocycles. The van der Waals surface area contributed by atoms with E-state index in [1.807, 2.05) is 25.1 Å². The fourth-order valence-corrected chi connectivity index (χ4v) is 2.39. The molecule has 0 saturated carbocycles. The van der Waals surface area contributed by atoms with Gasteiger partial charge in [-0.25, -0.2) is 0 Å². The SMILES string of the molecule is CCc1noc(C)c1C(=O)NCCC(C)c1ccccc1. The van der Waals surface area contributed by atoms with Crippen LogP contribution in [-0.4, -0.2) is 17.6 Å². The molecule has 1 aromatic heterocycles. The van der Waals surface area contributed by atoms with Crippen LogP contribution in [0.4, 0.5) is 0 Å². The zero-order valence-electron chi connectivity index (χ0n) is 12.8. The Balaban J connectivity index is 1.89. The van der Waals surface area contributed by atoms with Gasteiger partial charge in [-0.15, -0.1) is 0 Å². The summed E-state index contributed by atoms with van der Waals surface area (Å²) in [6, 6.07) is 10.3. The van der Waals surface area contributed by atoms with E-state index in [1.54, 1.807) is 6.92 Å². The molecule has 4 nitrogen and oxygen atoms in total. The molecular weight excluding hydrogens is 264 g/mol. The van der Waals surface area contributed by atoms with E-state index < -0.39 is 0 Å². The number of benzene rings is 1. The largest absolute Gasteiger partial charge is 0.361 e. The number of hydrogen-bond donors (Lipinski definition) is 1. The lowest BCUT2D eigenvalue weighted by atomic mass is 9.98. The number of nitrogens with one attached hydrogen (secondary N) is 1. The Bertz CT molecular complexity index is 590. The maximum absolute atomic E-state index is 12.2. The van der Waals surface area contributed by atoms with Gasteiger partial charge in [0, 0.05) is 6.54 Å². The van der Waals surface area contributed by atoms with Gasteiger partial charge in [0.25, 0.3) is 5.91 Å². The first-order valence-electron chi connectivity index (χ1n) is 7.41. The maximum atomic E-state index is 12.2. The number of aromatic nitrogens is 1. The van der Waals surface area contributed by atoms with Crippen LogP contribution in [0.25, 0.3) is 0 Å². The predicted octanol–water partition coefficient (Wildman–Crippen LogP) is 3.47. The molecule has 1 atom stereocenters. The van der Waals surface area contributed by atoms with E-state index in [0.29, 0.717) is 30.2 Å². The topological polar surface area (TPSA) is 55.1 Å². The molecule has 1 heterocycles. The van der Waals surface area contributed by atoms with Crippen molar-refractivity contribution >= 4 is 5.91 Å². The molecule has 4 heteroatoms. The number of nitrogens with zero attached hydrogens (tertiary/aromatic N) is 1. The van der Waals surface area contributed by atoms with Gasteiger partial charge in [-0.3, -0.25) is 4.79 Å². The summed E-state index contributed by atoms with van der Waals surface area (Å²) >= 11 is 0. The molecule has 0 aliphatic heterocycles.